The summed E-state index contributed by atoms with van der Waals surface area (Å²) in [7, 11) is 0. The first kappa shape index (κ1) is 8.91. The summed E-state index contributed by atoms with van der Waals surface area (Å²) < 4.78 is 0. The molecule has 64 valence electrons. The van der Waals surface area contributed by atoms with Crippen LogP contribution in [0.25, 0.3) is 0 Å². The van der Waals surface area contributed by atoms with Gasteiger partial charge in [-0.2, -0.15) is 0 Å². The summed E-state index contributed by atoms with van der Waals surface area (Å²) in [5.41, 5.74) is 0.838. The highest BCUT2D eigenvalue weighted by Crippen LogP contribution is 2.32. The van der Waals surface area contributed by atoms with E-state index in [1.807, 2.05) is 6.92 Å². The Kier molecular flexibility index (Phi) is 2.01. The molecule has 0 radical (unpaired) electrons. The summed E-state index contributed by atoms with van der Waals surface area (Å²) in [6.45, 7) is 5.38. The number of hydrogen-bond acceptors (Lipinski definition) is 2. The largest absolute Gasteiger partial charge is 0.298 e. The number of carbonyl (C=O) groups excluding carboxylic acids is 2. The molecule has 0 heterocycles. The fourth-order valence-electron chi connectivity index (χ4n) is 1.36. The second-order valence-electron chi connectivity index (χ2n) is 3.54. The molecule has 0 aromatic rings. The van der Waals surface area contributed by atoms with E-state index in [0.29, 0.717) is 5.57 Å². The quantitative estimate of drug-likeness (QED) is 0.552. The Labute approximate surface area is 72.0 Å². The van der Waals surface area contributed by atoms with Crippen molar-refractivity contribution in [3.63, 3.8) is 0 Å². The zero-order valence-corrected chi connectivity index (χ0v) is 7.55. The van der Waals surface area contributed by atoms with Crippen LogP contribution in [0.15, 0.2) is 23.3 Å². The molecular weight excluding hydrogens is 152 g/mol. The number of hydrogen-bond donors (Lipinski definition) is 0. The Balaban J connectivity index is 3.26. The minimum absolute atomic E-state index is 0.00444. The smallest absolute Gasteiger partial charge is 0.165 e. The van der Waals surface area contributed by atoms with E-state index in [9.17, 15) is 9.59 Å². The number of rotatable bonds is 1. The summed E-state index contributed by atoms with van der Waals surface area (Å²) in [6.07, 6.45) is 4.00. The van der Waals surface area contributed by atoms with Gasteiger partial charge in [-0.25, -0.2) is 0 Å². The zero-order valence-electron chi connectivity index (χ0n) is 7.55. The number of carbonyl (C=O) groups is 2. The van der Waals surface area contributed by atoms with E-state index in [4.69, 9.17) is 0 Å². The Morgan fingerprint density at radius 1 is 1.33 bits per heavy atom. The highest BCUT2D eigenvalue weighted by molar-refractivity contribution is 6.03. The van der Waals surface area contributed by atoms with Crippen molar-refractivity contribution in [3.8, 4) is 0 Å². The summed E-state index contributed by atoms with van der Waals surface area (Å²) in [4.78, 5) is 22.0. The molecular formula is C10H12O2. The normalized spacial score (nSPS) is 21.4. The van der Waals surface area contributed by atoms with Crippen LogP contribution in [0.5, 0.6) is 0 Å². The molecule has 0 saturated carbocycles. The Bertz CT molecular complexity index is 293. The van der Waals surface area contributed by atoms with Gasteiger partial charge in [0.05, 0.1) is 5.41 Å². The molecule has 0 aliphatic heterocycles. The molecule has 0 bridgehead atoms. The molecule has 2 nitrogen and oxygen atoms in total. The lowest BCUT2D eigenvalue weighted by Crippen LogP contribution is -2.28. The predicted molar refractivity (Wildman–Crippen MR) is 46.7 cm³/mol. The van der Waals surface area contributed by atoms with Crippen molar-refractivity contribution in [2.45, 2.75) is 20.8 Å². The minimum Gasteiger partial charge on any atom is -0.298 e. The van der Waals surface area contributed by atoms with Crippen molar-refractivity contribution in [2.24, 2.45) is 5.41 Å². The molecule has 2 heteroatoms. The number of aldehydes is 1. The zero-order chi connectivity index (χ0) is 9.35. The molecule has 12 heavy (non-hydrogen) atoms. The SMILES string of the molecule is CC1=C(C=O)C(C)(C)C(=O)C=C1. The van der Waals surface area contributed by atoms with E-state index in [2.05, 4.69) is 0 Å². The second kappa shape index (κ2) is 2.70. The van der Waals surface area contributed by atoms with Gasteiger partial charge < -0.3 is 0 Å². The Hall–Kier alpha value is -1.18. The minimum atomic E-state index is -0.638. The fraction of sp³-hybridized carbons (Fsp3) is 0.400. The number of ketones is 1. The molecule has 0 fully saturated rings. The van der Waals surface area contributed by atoms with Crippen molar-refractivity contribution >= 4 is 12.1 Å². The van der Waals surface area contributed by atoms with E-state index < -0.39 is 5.41 Å². The summed E-state index contributed by atoms with van der Waals surface area (Å²) >= 11 is 0. The molecule has 0 aromatic carbocycles. The van der Waals surface area contributed by atoms with Gasteiger partial charge in [0.25, 0.3) is 0 Å². The first-order chi connectivity index (χ1) is 5.50. The fourth-order valence-corrected chi connectivity index (χ4v) is 1.36. The van der Waals surface area contributed by atoms with Crippen LogP contribution in [0, 0.1) is 5.41 Å². The van der Waals surface area contributed by atoms with Crippen LogP contribution in [0.3, 0.4) is 0 Å². The third kappa shape index (κ3) is 1.13. The van der Waals surface area contributed by atoms with Crippen molar-refractivity contribution in [1.29, 1.82) is 0 Å². The van der Waals surface area contributed by atoms with Gasteiger partial charge in [0, 0.05) is 5.57 Å². The van der Waals surface area contributed by atoms with Gasteiger partial charge in [-0.1, -0.05) is 6.08 Å². The first-order valence-corrected chi connectivity index (χ1v) is 3.89. The molecule has 0 N–H and O–H groups in total. The number of allylic oxidation sites excluding steroid dienone is 4. The molecule has 0 amide bonds. The lowest BCUT2D eigenvalue weighted by Gasteiger charge is -2.25. The molecule has 1 aliphatic carbocycles. The van der Waals surface area contributed by atoms with Crippen molar-refractivity contribution in [1.82, 2.24) is 0 Å². The van der Waals surface area contributed by atoms with Gasteiger partial charge in [0.2, 0.25) is 0 Å². The maximum Gasteiger partial charge on any atom is 0.165 e. The molecule has 0 unspecified atom stereocenters. The van der Waals surface area contributed by atoms with Crippen LogP contribution in [-0.2, 0) is 9.59 Å². The Morgan fingerprint density at radius 2 is 1.92 bits per heavy atom. The molecule has 1 aliphatic rings. The maximum atomic E-state index is 11.4. The van der Waals surface area contributed by atoms with Crippen LogP contribution in [-0.4, -0.2) is 12.1 Å². The van der Waals surface area contributed by atoms with Crippen LogP contribution in [0.2, 0.25) is 0 Å². The van der Waals surface area contributed by atoms with Gasteiger partial charge in [-0.15, -0.1) is 0 Å². The van der Waals surface area contributed by atoms with E-state index >= 15 is 0 Å². The molecule has 0 saturated heterocycles. The first-order valence-electron chi connectivity index (χ1n) is 3.89. The van der Waals surface area contributed by atoms with E-state index in [1.165, 1.54) is 6.08 Å². The van der Waals surface area contributed by atoms with Gasteiger partial charge in [-0.3, -0.25) is 9.59 Å². The second-order valence-corrected chi connectivity index (χ2v) is 3.54. The van der Waals surface area contributed by atoms with Gasteiger partial charge in [0.15, 0.2) is 5.78 Å². The van der Waals surface area contributed by atoms with Crippen LogP contribution in [0.4, 0.5) is 0 Å². The highest BCUT2D eigenvalue weighted by Gasteiger charge is 2.33. The van der Waals surface area contributed by atoms with Crippen LogP contribution < -0.4 is 0 Å². The van der Waals surface area contributed by atoms with Crippen LogP contribution >= 0.6 is 0 Å². The molecule has 0 aromatic heterocycles. The Morgan fingerprint density at radius 3 is 2.33 bits per heavy atom. The summed E-state index contributed by atoms with van der Waals surface area (Å²) in [5.74, 6) is -0.00444. The highest BCUT2D eigenvalue weighted by atomic mass is 16.1. The summed E-state index contributed by atoms with van der Waals surface area (Å²) in [5, 5.41) is 0. The van der Waals surface area contributed by atoms with E-state index in [1.54, 1.807) is 19.9 Å². The average molecular weight is 164 g/mol. The molecule has 0 atom stereocenters. The van der Waals surface area contributed by atoms with Gasteiger partial charge >= 0.3 is 0 Å². The van der Waals surface area contributed by atoms with Crippen molar-refractivity contribution in [3.05, 3.63) is 23.3 Å². The lowest BCUT2D eigenvalue weighted by atomic mass is 9.75. The third-order valence-electron chi connectivity index (χ3n) is 2.32. The molecule has 0 spiro atoms. The third-order valence-corrected chi connectivity index (χ3v) is 2.32. The summed E-state index contributed by atoms with van der Waals surface area (Å²) in [6, 6.07) is 0. The van der Waals surface area contributed by atoms with Crippen molar-refractivity contribution in [2.75, 3.05) is 0 Å². The molecule has 1 rings (SSSR count). The predicted octanol–water partition coefficient (Wildman–Crippen LogP) is 1.67. The maximum absolute atomic E-state index is 11.4. The van der Waals surface area contributed by atoms with Gasteiger partial charge in [-0.05, 0) is 32.4 Å². The van der Waals surface area contributed by atoms with E-state index in [0.717, 1.165) is 11.9 Å². The van der Waals surface area contributed by atoms with Gasteiger partial charge in [0.1, 0.15) is 6.29 Å². The standard InChI is InChI=1S/C10H12O2/c1-7-4-5-9(12)10(2,3)8(7)6-11/h4-6H,1-3H3. The monoisotopic (exact) mass is 164 g/mol. The van der Waals surface area contributed by atoms with Crippen molar-refractivity contribution < 1.29 is 9.59 Å². The van der Waals surface area contributed by atoms with E-state index in [-0.39, 0.29) is 5.78 Å². The van der Waals surface area contributed by atoms with Crippen LogP contribution in [0.1, 0.15) is 20.8 Å². The average Bonchev–Trinajstić information content (AvgIpc) is 1.98. The lowest BCUT2D eigenvalue weighted by molar-refractivity contribution is -0.122. The topological polar surface area (TPSA) is 34.1 Å².